The summed E-state index contributed by atoms with van der Waals surface area (Å²) in [5.41, 5.74) is 3.67. The van der Waals surface area contributed by atoms with Crippen LogP contribution in [0.15, 0.2) is 35.1 Å². The number of hydrogen-bond donors (Lipinski definition) is 0. The van der Waals surface area contributed by atoms with Crippen molar-refractivity contribution >= 4 is 0 Å². The number of hydrogen-bond acceptors (Lipinski definition) is 1. The van der Waals surface area contributed by atoms with E-state index in [1.165, 1.54) is 16.7 Å². The summed E-state index contributed by atoms with van der Waals surface area (Å²) in [5.74, 6) is 0.320. The van der Waals surface area contributed by atoms with Crippen LogP contribution >= 0.6 is 0 Å². The average Bonchev–Trinajstić information content (AvgIpc) is 2.47. The average molecular weight is 159 g/mol. The monoisotopic (exact) mass is 159 g/mol. The second-order valence-corrected chi connectivity index (χ2v) is 3.12. The van der Waals surface area contributed by atoms with Crippen LogP contribution < -0.4 is 0 Å². The summed E-state index contributed by atoms with van der Waals surface area (Å²) < 4.78 is 5.11. The molecule has 2 rings (SSSR count). The third-order valence-corrected chi connectivity index (χ3v) is 2.11. The Morgan fingerprint density at radius 2 is 2.17 bits per heavy atom. The van der Waals surface area contributed by atoms with Gasteiger partial charge in [0.05, 0.1) is 12.5 Å². The second-order valence-electron chi connectivity index (χ2n) is 3.12. The highest BCUT2D eigenvalue weighted by molar-refractivity contribution is 5.70. The van der Waals surface area contributed by atoms with Crippen molar-refractivity contribution in [2.45, 2.75) is 12.8 Å². The molecule has 0 bridgehead atoms. The molecular formula is C11H11O. The van der Waals surface area contributed by atoms with Crippen LogP contribution in [0.2, 0.25) is 0 Å². The predicted octanol–water partition coefficient (Wildman–Crippen LogP) is 3.32. The maximum atomic E-state index is 5.11. The molecule has 1 aliphatic carbocycles. The minimum absolute atomic E-state index is 0.320. The van der Waals surface area contributed by atoms with Gasteiger partial charge in [-0.3, -0.25) is 0 Å². The number of fused-ring (bicyclic) bond motifs is 1. The van der Waals surface area contributed by atoms with E-state index >= 15 is 0 Å². The van der Waals surface area contributed by atoms with E-state index in [9.17, 15) is 0 Å². The van der Waals surface area contributed by atoms with Crippen LogP contribution in [-0.2, 0) is 0 Å². The minimum atomic E-state index is 0.320. The molecule has 1 heterocycles. The van der Waals surface area contributed by atoms with Crippen molar-refractivity contribution < 1.29 is 4.42 Å². The molecule has 1 unspecified atom stereocenters. The molecule has 1 nitrogen and oxygen atoms in total. The molecule has 0 aromatic rings. The Labute approximate surface area is 72.4 Å². The lowest BCUT2D eigenvalue weighted by Crippen LogP contribution is -1.86. The second kappa shape index (κ2) is 2.67. The van der Waals surface area contributed by atoms with Crippen molar-refractivity contribution in [2.24, 2.45) is 0 Å². The van der Waals surface area contributed by atoms with Crippen LogP contribution in [0.3, 0.4) is 0 Å². The molecule has 0 saturated heterocycles. The molecule has 0 saturated carbocycles. The topological polar surface area (TPSA) is 13.1 Å². The molecule has 0 aromatic heterocycles. The van der Waals surface area contributed by atoms with Gasteiger partial charge in [-0.2, -0.15) is 0 Å². The Kier molecular flexibility index (Phi) is 1.65. The van der Waals surface area contributed by atoms with Crippen molar-refractivity contribution in [2.75, 3.05) is 0 Å². The summed E-state index contributed by atoms with van der Waals surface area (Å²) in [4.78, 5) is 0. The molecule has 1 aliphatic heterocycles. The highest BCUT2D eigenvalue weighted by atomic mass is 16.3. The Morgan fingerprint density at radius 3 is 2.92 bits per heavy atom. The van der Waals surface area contributed by atoms with Gasteiger partial charge in [0.2, 0.25) is 0 Å². The Balaban J connectivity index is 2.60. The van der Waals surface area contributed by atoms with E-state index in [0.717, 1.165) is 0 Å². The molecule has 1 radical (unpaired) electrons. The van der Waals surface area contributed by atoms with Crippen molar-refractivity contribution in [1.82, 2.24) is 0 Å². The zero-order valence-electron chi connectivity index (χ0n) is 7.08. The van der Waals surface area contributed by atoms with Crippen LogP contribution in [-0.4, -0.2) is 0 Å². The quantitative estimate of drug-likeness (QED) is 0.622. The van der Waals surface area contributed by atoms with Crippen LogP contribution in [0.25, 0.3) is 11.1 Å². The fourth-order valence-electron chi connectivity index (χ4n) is 1.46. The normalized spacial score (nSPS) is 11.2. The van der Waals surface area contributed by atoms with Crippen molar-refractivity contribution in [3.63, 3.8) is 0 Å². The number of rotatable bonds is 1. The zero-order valence-corrected chi connectivity index (χ0v) is 7.08. The summed E-state index contributed by atoms with van der Waals surface area (Å²) in [5, 5.41) is 0. The van der Waals surface area contributed by atoms with Gasteiger partial charge in [-0.15, -0.1) is 0 Å². The zero-order chi connectivity index (χ0) is 8.55. The lowest BCUT2D eigenvalue weighted by Gasteiger charge is -2.05. The van der Waals surface area contributed by atoms with E-state index in [1.54, 1.807) is 12.5 Å². The first-order valence-corrected chi connectivity index (χ1v) is 4.07. The molecule has 1 heteroatoms. The molecule has 0 fully saturated rings. The highest BCUT2D eigenvalue weighted by Crippen LogP contribution is 2.31. The van der Waals surface area contributed by atoms with Crippen LogP contribution in [0.5, 0.6) is 0 Å². The lowest BCUT2D eigenvalue weighted by atomic mass is 10.0. The smallest absolute Gasteiger partial charge is 0.0982 e. The first-order chi connectivity index (χ1) is 5.79. The van der Waals surface area contributed by atoms with E-state index in [1.807, 2.05) is 6.07 Å². The molecular weight excluding hydrogens is 148 g/mol. The molecule has 0 spiro atoms. The molecule has 0 N–H and O–H groups in total. The van der Waals surface area contributed by atoms with E-state index in [0.29, 0.717) is 5.92 Å². The fourth-order valence-corrected chi connectivity index (χ4v) is 1.46. The standard InChI is InChI=1S/C11H11O/c1-8(2)10-4-3-9-5-6-12-7-11(9)10/h3-8H,1H2,2H3. The van der Waals surface area contributed by atoms with Gasteiger partial charge >= 0.3 is 0 Å². The lowest BCUT2D eigenvalue weighted by molar-refractivity contribution is 0.551. The Bertz CT molecular complexity index is 346. The van der Waals surface area contributed by atoms with Gasteiger partial charge in [-0.1, -0.05) is 19.1 Å². The molecule has 12 heavy (non-hydrogen) atoms. The maximum absolute atomic E-state index is 5.11. The van der Waals surface area contributed by atoms with Crippen LogP contribution in [0.4, 0.5) is 0 Å². The predicted molar refractivity (Wildman–Crippen MR) is 49.1 cm³/mol. The first kappa shape index (κ1) is 7.41. The Morgan fingerprint density at radius 1 is 1.33 bits per heavy atom. The van der Waals surface area contributed by atoms with Gasteiger partial charge in [0.1, 0.15) is 0 Å². The third-order valence-electron chi connectivity index (χ3n) is 2.11. The SMILES string of the molecule is [CH2]C(C)c1ccc2ccocc1-2. The van der Waals surface area contributed by atoms with Crippen molar-refractivity contribution in [3.8, 4) is 11.1 Å². The van der Waals surface area contributed by atoms with Gasteiger partial charge in [-0.05, 0) is 30.0 Å². The van der Waals surface area contributed by atoms with Gasteiger partial charge < -0.3 is 4.42 Å². The molecule has 61 valence electrons. The molecule has 0 aromatic carbocycles. The van der Waals surface area contributed by atoms with E-state index in [2.05, 4.69) is 26.0 Å². The summed E-state index contributed by atoms with van der Waals surface area (Å²) in [6, 6.07) is 6.18. The van der Waals surface area contributed by atoms with E-state index in [4.69, 9.17) is 4.42 Å². The van der Waals surface area contributed by atoms with Crippen molar-refractivity contribution in [3.05, 3.63) is 43.2 Å². The van der Waals surface area contributed by atoms with Crippen LogP contribution in [0.1, 0.15) is 18.4 Å². The fraction of sp³-hybridized carbons (Fsp3) is 0.182. The maximum Gasteiger partial charge on any atom is 0.0982 e. The van der Waals surface area contributed by atoms with E-state index in [-0.39, 0.29) is 0 Å². The van der Waals surface area contributed by atoms with Gasteiger partial charge in [0.15, 0.2) is 0 Å². The summed E-state index contributed by atoms with van der Waals surface area (Å²) >= 11 is 0. The summed E-state index contributed by atoms with van der Waals surface area (Å²) in [6.07, 6.45) is 3.48. The van der Waals surface area contributed by atoms with Crippen molar-refractivity contribution in [1.29, 1.82) is 0 Å². The van der Waals surface area contributed by atoms with Gasteiger partial charge in [0.25, 0.3) is 0 Å². The largest absolute Gasteiger partial charge is 0.472 e. The summed E-state index contributed by atoms with van der Waals surface area (Å²) in [7, 11) is 0. The molecule has 1 atom stereocenters. The van der Waals surface area contributed by atoms with Gasteiger partial charge in [0, 0.05) is 5.56 Å². The van der Waals surface area contributed by atoms with Crippen LogP contribution in [0, 0.1) is 6.92 Å². The summed E-state index contributed by atoms with van der Waals surface area (Å²) in [6.45, 7) is 6.07. The van der Waals surface area contributed by atoms with E-state index < -0.39 is 0 Å². The molecule has 0 amide bonds. The molecule has 2 aliphatic rings. The Hall–Kier alpha value is -1.24. The minimum Gasteiger partial charge on any atom is -0.472 e. The first-order valence-electron chi connectivity index (χ1n) is 4.07. The van der Waals surface area contributed by atoms with Gasteiger partial charge in [-0.25, -0.2) is 0 Å². The third kappa shape index (κ3) is 1.02. The highest BCUT2D eigenvalue weighted by Gasteiger charge is 2.11.